The maximum Gasteiger partial charge on any atom is 0.119 e. The van der Waals surface area contributed by atoms with E-state index >= 15 is 0 Å². The van der Waals surface area contributed by atoms with Crippen molar-refractivity contribution in [3.05, 3.63) is 65.2 Å². The Labute approximate surface area is 160 Å². The van der Waals surface area contributed by atoms with Crippen LogP contribution in [0.15, 0.2) is 48.5 Å². The van der Waals surface area contributed by atoms with Gasteiger partial charge in [-0.3, -0.25) is 0 Å². The van der Waals surface area contributed by atoms with Crippen molar-refractivity contribution in [1.82, 2.24) is 5.32 Å². The minimum Gasteiger partial charge on any atom is -0.494 e. The number of unbranched alkanes of at least 4 members (excludes halogenated alkanes) is 5. The van der Waals surface area contributed by atoms with Gasteiger partial charge in [0.05, 0.1) is 6.61 Å². The van der Waals surface area contributed by atoms with Gasteiger partial charge in [0, 0.05) is 12.6 Å². The summed E-state index contributed by atoms with van der Waals surface area (Å²) in [6, 6.07) is 17.5. The highest BCUT2D eigenvalue weighted by Gasteiger charge is 2.05. The summed E-state index contributed by atoms with van der Waals surface area (Å²) in [4.78, 5) is 0. The van der Waals surface area contributed by atoms with Gasteiger partial charge in [-0.2, -0.15) is 0 Å². The third kappa shape index (κ3) is 7.61. The molecule has 0 aliphatic carbocycles. The summed E-state index contributed by atoms with van der Waals surface area (Å²) in [5.74, 6) is 0.980. The van der Waals surface area contributed by atoms with Crippen molar-refractivity contribution in [3.8, 4) is 5.75 Å². The third-order valence-corrected chi connectivity index (χ3v) is 4.84. The van der Waals surface area contributed by atoms with Crippen LogP contribution < -0.4 is 10.1 Å². The van der Waals surface area contributed by atoms with Gasteiger partial charge >= 0.3 is 0 Å². The minimum atomic E-state index is 0.322. The smallest absolute Gasteiger partial charge is 0.119 e. The molecule has 0 aromatic heterocycles. The van der Waals surface area contributed by atoms with Crippen molar-refractivity contribution in [1.29, 1.82) is 0 Å². The molecule has 2 heteroatoms. The zero-order valence-electron chi connectivity index (χ0n) is 16.8. The quantitative estimate of drug-likeness (QED) is 0.435. The molecule has 1 N–H and O–H groups in total. The van der Waals surface area contributed by atoms with E-state index in [1.54, 1.807) is 0 Å². The van der Waals surface area contributed by atoms with E-state index < -0.39 is 0 Å². The Kier molecular flexibility index (Phi) is 9.27. The van der Waals surface area contributed by atoms with Gasteiger partial charge in [0.2, 0.25) is 0 Å². The first-order valence-corrected chi connectivity index (χ1v) is 10.2. The molecule has 1 unspecified atom stereocenters. The molecule has 0 heterocycles. The molecule has 2 rings (SSSR count). The van der Waals surface area contributed by atoms with Crippen LogP contribution in [-0.4, -0.2) is 6.61 Å². The van der Waals surface area contributed by atoms with E-state index in [9.17, 15) is 0 Å². The first kappa shape index (κ1) is 20.5. The number of benzene rings is 2. The Balaban J connectivity index is 1.69. The Morgan fingerprint density at radius 2 is 1.65 bits per heavy atom. The standard InChI is InChI=1S/C24H35NO/c1-4-5-6-7-8-9-17-26-24-15-13-23(14-16-24)21(3)25-19-22-12-10-11-20(2)18-22/h10-16,18,21,25H,4-9,17,19H2,1-3H3. The molecule has 2 aromatic rings. The van der Waals surface area contributed by atoms with E-state index in [1.807, 2.05) is 0 Å². The highest BCUT2D eigenvalue weighted by atomic mass is 16.5. The van der Waals surface area contributed by atoms with Crippen molar-refractivity contribution in [2.24, 2.45) is 0 Å². The van der Waals surface area contributed by atoms with Gasteiger partial charge in [0.15, 0.2) is 0 Å². The van der Waals surface area contributed by atoms with Crippen LogP contribution in [0.4, 0.5) is 0 Å². The van der Waals surface area contributed by atoms with Gasteiger partial charge < -0.3 is 10.1 Å². The summed E-state index contributed by atoms with van der Waals surface area (Å²) in [5, 5.41) is 3.60. The van der Waals surface area contributed by atoms with E-state index in [2.05, 4.69) is 74.6 Å². The zero-order chi connectivity index (χ0) is 18.6. The number of aryl methyl sites for hydroxylation is 1. The van der Waals surface area contributed by atoms with Crippen molar-refractivity contribution in [3.63, 3.8) is 0 Å². The van der Waals surface area contributed by atoms with Crippen LogP contribution in [-0.2, 0) is 6.54 Å². The second-order valence-electron chi connectivity index (χ2n) is 7.28. The number of hydrogen-bond donors (Lipinski definition) is 1. The highest BCUT2D eigenvalue weighted by Crippen LogP contribution is 2.19. The fraction of sp³-hybridized carbons (Fsp3) is 0.500. The van der Waals surface area contributed by atoms with Crippen LogP contribution in [0.5, 0.6) is 5.75 Å². The van der Waals surface area contributed by atoms with Crippen molar-refractivity contribution < 1.29 is 4.74 Å². The molecule has 0 amide bonds. The third-order valence-electron chi connectivity index (χ3n) is 4.84. The van der Waals surface area contributed by atoms with E-state index in [-0.39, 0.29) is 0 Å². The maximum atomic E-state index is 5.87. The molecule has 0 aliphatic rings. The summed E-state index contributed by atoms with van der Waals surface area (Å²) in [5.41, 5.74) is 3.93. The van der Waals surface area contributed by atoms with Crippen molar-refractivity contribution >= 4 is 0 Å². The number of rotatable bonds is 12. The first-order chi connectivity index (χ1) is 12.7. The molecule has 0 fully saturated rings. The molecule has 142 valence electrons. The molecule has 0 saturated heterocycles. The molecule has 2 aromatic carbocycles. The van der Waals surface area contributed by atoms with Crippen LogP contribution in [0.25, 0.3) is 0 Å². The fourth-order valence-corrected chi connectivity index (χ4v) is 3.14. The summed E-state index contributed by atoms with van der Waals surface area (Å²) < 4.78 is 5.87. The van der Waals surface area contributed by atoms with Gasteiger partial charge in [-0.05, 0) is 43.5 Å². The lowest BCUT2D eigenvalue weighted by molar-refractivity contribution is 0.304. The summed E-state index contributed by atoms with van der Waals surface area (Å²) >= 11 is 0. The highest BCUT2D eigenvalue weighted by molar-refractivity contribution is 5.29. The molecule has 0 bridgehead atoms. The lowest BCUT2D eigenvalue weighted by Gasteiger charge is -2.15. The normalized spacial score (nSPS) is 12.1. The zero-order valence-corrected chi connectivity index (χ0v) is 16.8. The van der Waals surface area contributed by atoms with Gasteiger partial charge in [-0.25, -0.2) is 0 Å². The monoisotopic (exact) mass is 353 g/mol. The van der Waals surface area contributed by atoms with Crippen molar-refractivity contribution in [2.75, 3.05) is 6.61 Å². The topological polar surface area (TPSA) is 21.3 Å². The second kappa shape index (κ2) is 11.7. The minimum absolute atomic E-state index is 0.322. The lowest BCUT2D eigenvalue weighted by Crippen LogP contribution is -2.18. The van der Waals surface area contributed by atoms with Gasteiger partial charge in [0.1, 0.15) is 5.75 Å². The Morgan fingerprint density at radius 3 is 2.38 bits per heavy atom. The van der Waals surface area contributed by atoms with Crippen molar-refractivity contribution in [2.45, 2.75) is 71.9 Å². The SMILES string of the molecule is CCCCCCCCOc1ccc(C(C)NCc2cccc(C)c2)cc1. The van der Waals surface area contributed by atoms with Gasteiger partial charge in [-0.15, -0.1) is 0 Å². The molecule has 0 saturated carbocycles. The molecule has 1 atom stereocenters. The van der Waals surface area contributed by atoms with Crippen LogP contribution in [0.2, 0.25) is 0 Å². The van der Waals surface area contributed by atoms with E-state index in [0.29, 0.717) is 6.04 Å². The molecule has 2 nitrogen and oxygen atoms in total. The summed E-state index contributed by atoms with van der Waals surface area (Å²) in [7, 11) is 0. The summed E-state index contributed by atoms with van der Waals surface area (Å²) in [6.45, 7) is 8.32. The Hall–Kier alpha value is -1.80. The maximum absolute atomic E-state index is 5.87. The lowest BCUT2D eigenvalue weighted by atomic mass is 10.1. The average molecular weight is 354 g/mol. The second-order valence-corrected chi connectivity index (χ2v) is 7.28. The molecule has 0 spiro atoms. The van der Waals surface area contributed by atoms with Crippen LogP contribution in [0.1, 0.15) is 75.1 Å². The number of hydrogen-bond acceptors (Lipinski definition) is 2. The van der Waals surface area contributed by atoms with E-state index in [1.165, 1.54) is 48.8 Å². The molecule has 26 heavy (non-hydrogen) atoms. The van der Waals surface area contributed by atoms with E-state index in [4.69, 9.17) is 4.74 Å². The molecule has 0 aliphatic heterocycles. The average Bonchev–Trinajstić information content (AvgIpc) is 2.66. The first-order valence-electron chi connectivity index (χ1n) is 10.2. The molecular formula is C24H35NO. The fourth-order valence-electron chi connectivity index (χ4n) is 3.14. The predicted octanol–water partition coefficient (Wildman–Crippen LogP) is 6.59. The van der Waals surface area contributed by atoms with Gasteiger partial charge in [0.25, 0.3) is 0 Å². The number of ether oxygens (including phenoxy) is 1. The van der Waals surface area contributed by atoms with Crippen LogP contribution >= 0.6 is 0 Å². The van der Waals surface area contributed by atoms with Crippen LogP contribution in [0.3, 0.4) is 0 Å². The summed E-state index contributed by atoms with van der Waals surface area (Å²) in [6.07, 6.45) is 7.79. The number of nitrogens with one attached hydrogen (secondary N) is 1. The van der Waals surface area contributed by atoms with Gasteiger partial charge in [-0.1, -0.05) is 81.0 Å². The molecule has 0 radical (unpaired) electrons. The van der Waals surface area contributed by atoms with E-state index in [0.717, 1.165) is 25.3 Å². The molecular weight excluding hydrogens is 318 g/mol. The predicted molar refractivity (Wildman–Crippen MR) is 112 cm³/mol. The Bertz CT molecular complexity index is 620. The Morgan fingerprint density at radius 1 is 0.923 bits per heavy atom. The largest absolute Gasteiger partial charge is 0.494 e. The van der Waals surface area contributed by atoms with Crippen LogP contribution in [0, 0.1) is 6.92 Å².